The summed E-state index contributed by atoms with van der Waals surface area (Å²) in [6.45, 7) is 0.843. The topological polar surface area (TPSA) is 105 Å². The summed E-state index contributed by atoms with van der Waals surface area (Å²) >= 11 is 0. The van der Waals surface area contributed by atoms with E-state index in [4.69, 9.17) is 4.74 Å². The normalized spacial score (nSPS) is 11.3. The third-order valence-corrected chi connectivity index (χ3v) is 3.15. The van der Waals surface area contributed by atoms with Gasteiger partial charge in [-0.2, -0.15) is 0 Å². The number of carbonyl (C=O) groups is 3. The fraction of sp³-hybridized carbons (Fsp3) is 0.167. The maximum absolute atomic E-state index is 11.9. The summed E-state index contributed by atoms with van der Waals surface area (Å²) in [5.74, 6) is -1.70. The van der Waals surface area contributed by atoms with Crippen LogP contribution in [0.3, 0.4) is 0 Å². The van der Waals surface area contributed by atoms with Crippen molar-refractivity contribution in [3.63, 3.8) is 0 Å². The van der Waals surface area contributed by atoms with Crippen LogP contribution in [0.2, 0.25) is 0 Å². The molecule has 0 saturated carbocycles. The van der Waals surface area contributed by atoms with Crippen molar-refractivity contribution in [1.29, 1.82) is 0 Å². The zero-order chi connectivity index (χ0) is 18.2. The van der Waals surface area contributed by atoms with E-state index in [1.54, 1.807) is 54.6 Å². The molecule has 2 aromatic carbocycles. The standard InChI is InChI=1S/C18H18N2O5/c1-12(21)19-14-8-5-9-15(10-14)20-16(22)11-25-18(24)17(23)13-6-3-2-4-7-13/h2-10,17,23H,11H2,1H3,(H,19,21)(H,20,22)/t17-/m0/s1. The third-order valence-electron chi connectivity index (χ3n) is 3.15. The highest BCUT2D eigenvalue weighted by Gasteiger charge is 2.19. The minimum atomic E-state index is -1.45. The Hall–Kier alpha value is -3.19. The Morgan fingerprint density at radius 1 is 1.00 bits per heavy atom. The summed E-state index contributed by atoms with van der Waals surface area (Å²) in [7, 11) is 0. The Labute approximate surface area is 144 Å². The van der Waals surface area contributed by atoms with Crippen molar-refractivity contribution in [3.8, 4) is 0 Å². The van der Waals surface area contributed by atoms with Gasteiger partial charge in [0, 0.05) is 18.3 Å². The number of hydrogen-bond acceptors (Lipinski definition) is 5. The molecule has 3 N–H and O–H groups in total. The lowest BCUT2D eigenvalue weighted by Crippen LogP contribution is -2.24. The van der Waals surface area contributed by atoms with E-state index < -0.39 is 24.6 Å². The van der Waals surface area contributed by atoms with Crippen molar-refractivity contribution >= 4 is 29.2 Å². The zero-order valence-electron chi connectivity index (χ0n) is 13.6. The number of benzene rings is 2. The zero-order valence-corrected chi connectivity index (χ0v) is 13.6. The first-order valence-corrected chi connectivity index (χ1v) is 7.53. The predicted molar refractivity (Wildman–Crippen MR) is 91.7 cm³/mol. The van der Waals surface area contributed by atoms with Crippen molar-refractivity contribution in [2.75, 3.05) is 17.2 Å². The van der Waals surface area contributed by atoms with E-state index in [1.807, 2.05) is 0 Å². The van der Waals surface area contributed by atoms with Crippen LogP contribution in [0.5, 0.6) is 0 Å². The maximum atomic E-state index is 11.9. The predicted octanol–water partition coefficient (Wildman–Crippen LogP) is 1.86. The molecule has 25 heavy (non-hydrogen) atoms. The molecular weight excluding hydrogens is 324 g/mol. The lowest BCUT2D eigenvalue weighted by atomic mass is 10.1. The van der Waals surface area contributed by atoms with E-state index in [0.717, 1.165) is 0 Å². The quantitative estimate of drug-likeness (QED) is 0.695. The third kappa shape index (κ3) is 5.74. The fourth-order valence-electron chi connectivity index (χ4n) is 2.06. The lowest BCUT2D eigenvalue weighted by Gasteiger charge is -2.11. The van der Waals surface area contributed by atoms with Gasteiger partial charge >= 0.3 is 5.97 Å². The smallest absolute Gasteiger partial charge is 0.340 e. The van der Waals surface area contributed by atoms with Crippen molar-refractivity contribution in [1.82, 2.24) is 0 Å². The number of anilines is 2. The Balaban J connectivity index is 1.86. The van der Waals surface area contributed by atoms with Gasteiger partial charge in [-0.25, -0.2) is 4.79 Å². The molecule has 2 amide bonds. The van der Waals surface area contributed by atoms with E-state index >= 15 is 0 Å². The number of hydrogen-bond donors (Lipinski definition) is 3. The molecule has 0 aromatic heterocycles. The second-order valence-electron chi connectivity index (χ2n) is 5.23. The molecule has 7 nitrogen and oxygen atoms in total. The summed E-state index contributed by atoms with van der Waals surface area (Å²) in [5.41, 5.74) is 1.36. The van der Waals surface area contributed by atoms with Crippen LogP contribution in [0.25, 0.3) is 0 Å². The summed E-state index contributed by atoms with van der Waals surface area (Å²) in [6, 6.07) is 14.8. The molecule has 1 atom stereocenters. The SMILES string of the molecule is CC(=O)Nc1cccc(NC(=O)COC(=O)[C@@H](O)c2ccccc2)c1. The van der Waals surface area contributed by atoms with Gasteiger partial charge in [0.05, 0.1) is 0 Å². The number of rotatable bonds is 6. The highest BCUT2D eigenvalue weighted by Crippen LogP contribution is 2.16. The van der Waals surface area contributed by atoms with Gasteiger partial charge in [0.1, 0.15) is 0 Å². The molecule has 0 spiro atoms. The van der Waals surface area contributed by atoms with Crippen molar-refractivity contribution in [2.24, 2.45) is 0 Å². The van der Waals surface area contributed by atoms with Crippen LogP contribution in [0, 0.1) is 0 Å². The Morgan fingerprint density at radius 3 is 2.28 bits per heavy atom. The minimum Gasteiger partial charge on any atom is -0.453 e. The van der Waals surface area contributed by atoms with Crippen molar-refractivity contribution < 1.29 is 24.2 Å². The van der Waals surface area contributed by atoms with Gasteiger partial charge < -0.3 is 20.5 Å². The maximum Gasteiger partial charge on any atom is 0.340 e. The molecule has 2 aromatic rings. The molecule has 0 aliphatic rings. The second kappa shape index (κ2) is 8.60. The Bertz CT molecular complexity index is 761. The van der Waals surface area contributed by atoms with E-state index in [1.165, 1.54) is 6.92 Å². The van der Waals surface area contributed by atoms with E-state index in [2.05, 4.69) is 10.6 Å². The van der Waals surface area contributed by atoms with Crippen LogP contribution >= 0.6 is 0 Å². The summed E-state index contributed by atoms with van der Waals surface area (Å²) in [6.07, 6.45) is -1.45. The molecule has 0 bridgehead atoms. The first-order valence-electron chi connectivity index (χ1n) is 7.53. The molecule has 0 radical (unpaired) electrons. The molecule has 7 heteroatoms. The van der Waals surface area contributed by atoms with Crippen LogP contribution < -0.4 is 10.6 Å². The number of aliphatic hydroxyl groups excluding tert-OH is 1. The summed E-state index contributed by atoms with van der Waals surface area (Å²) in [5, 5.41) is 15.0. The first-order chi connectivity index (χ1) is 12.0. The molecule has 0 unspecified atom stereocenters. The summed E-state index contributed by atoms with van der Waals surface area (Å²) in [4.78, 5) is 34.7. The Morgan fingerprint density at radius 2 is 1.64 bits per heavy atom. The average Bonchev–Trinajstić information content (AvgIpc) is 2.59. The molecular formula is C18H18N2O5. The highest BCUT2D eigenvalue weighted by atomic mass is 16.5. The van der Waals surface area contributed by atoms with Crippen LogP contribution in [0.15, 0.2) is 54.6 Å². The van der Waals surface area contributed by atoms with E-state index in [0.29, 0.717) is 16.9 Å². The van der Waals surface area contributed by atoms with Crippen LogP contribution in [0.1, 0.15) is 18.6 Å². The number of amides is 2. The van der Waals surface area contributed by atoms with Crippen molar-refractivity contribution in [3.05, 3.63) is 60.2 Å². The van der Waals surface area contributed by atoms with Crippen LogP contribution in [0.4, 0.5) is 11.4 Å². The van der Waals surface area contributed by atoms with Gasteiger partial charge in [0.2, 0.25) is 5.91 Å². The molecule has 0 heterocycles. The number of esters is 1. The van der Waals surface area contributed by atoms with Gasteiger partial charge in [-0.1, -0.05) is 36.4 Å². The van der Waals surface area contributed by atoms with Gasteiger partial charge in [0.25, 0.3) is 5.91 Å². The lowest BCUT2D eigenvalue weighted by molar-refractivity contribution is -0.156. The van der Waals surface area contributed by atoms with Gasteiger partial charge in [0.15, 0.2) is 12.7 Å². The van der Waals surface area contributed by atoms with Crippen molar-refractivity contribution in [2.45, 2.75) is 13.0 Å². The number of ether oxygens (including phenoxy) is 1. The van der Waals surface area contributed by atoms with Gasteiger partial charge in [-0.05, 0) is 23.8 Å². The first kappa shape index (κ1) is 18.2. The molecule has 0 fully saturated rings. The van der Waals surface area contributed by atoms with Crippen LogP contribution in [-0.2, 0) is 19.1 Å². The molecule has 0 saturated heterocycles. The van der Waals surface area contributed by atoms with Gasteiger partial charge in [-0.15, -0.1) is 0 Å². The molecule has 130 valence electrons. The fourth-order valence-corrected chi connectivity index (χ4v) is 2.06. The monoisotopic (exact) mass is 342 g/mol. The van der Waals surface area contributed by atoms with E-state index in [9.17, 15) is 19.5 Å². The van der Waals surface area contributed by atoms with Gasteiger partial charge in [-0.3, -0.25) is 9.59 Å². The molecule has 0 aliphatic carbocycles. The second-order valence-corrected chi connectivity index (χ2v) is 5.23. The molecule has 2 rings (SSSR count). The Kier molecular flexibility index (Phi) is 6.25. The summed E-state index contributed by atoms with van der Waals surface area (Å²) < 4.78 is 4.82. The minimum absolute atomic E-state index is 0.229. The number of nitrogens with one attached hydrogen (secondary N) is 2. The average molecular weight is 342 g/mol. The largest absolute Gasteiger partial charge is 0.453 e. The van der Waals surface area contributed by atoms with E-state index in [-0.39, 0.29) is 5.91 Å². The number of carbonyl (C=O) groups excluding carboxylic acids is 3. The molecule has 0 aliphatic heterocycles. The van der Waals surface area contributed by atoms with Crippen LogP contribution in [-0.4, -0.2) is 29.5 Å². The highest BCUT2D eigenvalue weighted by molar-refractivity contribution is 5.94. The number of aliphatic hydroxyl groups is 1.